The Balaban J connectivity index is 1.54. The van der Waals surface area contributed by atoms with Crippen molar-refractivity contribution in [3.63, 3.8) is 0 Å². The number of benzene rings is 1. The van der Waals surface area contributed by atoms with Gasteiger partial charge in [0.25, 0.3) is 0 Å². The predicted molar refractivity (Wildman–Crippen MR) is 92.7 cm³/mol. The highest BCUT2D eigenvalue weighted by Gasteiger charge is 2.22. The third-order valence-corrected chi connectivity index (χ3v) is 4.69. The van der Waals surface area contributed by atoms with Crippen LogP contribution in [0.1, 0.15) is 43.0 Å². The molecule has 1 unspecified atom stereocenters. The molecular weight excluding hydrogens is 288 g/mol. The molecule has 0 saturated carbocycles. The topological polar surface area (TPSA) is 45.3 Å². The highest BCUT2D eigenvalue weighted by atomic mass is 16.5. The molecule has 23 heavy (non-hydrogen) atoms. The van der Waals surface area contributed by atoms with Crippen LogP contribution in [0.25, 0.3) is 10.9 Å². The van der Waals surface area contributed by atoms with Crippen LogP contribution in [0, 0.1) is 5.92 Å². The number of piperidine rings is 1. The number of hydrogen-bond acceptors (Lipinski definition) is 3. The Bertz CT molecular complexity index is 650. The van der Waals surface area contributed by atoms with Crippen LogP contribution in [0.5, 0.6) is 0 Å². The van der Waals surface area contributed by atoms with E-state index in [0.717, 1.165) is 23.9 Å². The van der Waals surface area contributed by atoms with Gasteiger partial charge in [-0.2, -0.15) is 0 Å². The van der Waals surface area contributed by atoms with Crippen molar-refractivity contribution in [2.24, 2.45) is 5.92 Å². The van der Waals surface area contributed by atoms with Crippen LogP contribution in [0.3, 0.4) is 0 Å². The molecule has 124 valence electrons. The Morgan fingerprint density at radius 2 is 2.26 bits per heavy atom. The van der Waals surface area contributed by atoms with Gasteiger partial charge in [-0.25, -0.2) is 4.79 Å². The maximum absolute atomic E-state index is 12.4. The van der Waals surface area contributed by atoms with E-state index < -0.39 is 0 Å². The molecule has 4 heteroatoms. The summed E-state index contributed by atoms with van der Waals surface area (Å²) in [5, 5.41) is 0.936. The van der Waals surface area contributed by atoms with Crippen LogP contribution in [0.4, 0.5) is 0 Å². The van der Waals surface area contributed by atoms with Gasteiger partial charge >= 0.3 is 5.97 Å². The highest BCUT2D eigenvalue weighted by molar-refractivity contribution is 6.03. The first kappa shape index (κ1) is 16.1. The van der Waals surface area contributed by atoms with E-state index in [4.69, 9.17) is 4.74 Å². The second kappa shape index (κ2) is 7.64. The number of aromatic nitrogens is 1. The first-order valence-electron chi connectivity index (χ1n) is 8.73. The molecule has 3 rings (SSSR count). The molecular formula is C19H26N2O2. The number of unbranched alkanes of at least 4 members (excludes halogenated alkanes) is 1. The zero-order chi connectivity index (χ0) is 16.1. The third-order valence-electron chi connectivity index (χ3n) is 4.69. The lowest BCUT2D eigenvalue weighted by Crippen LogP contribution is -2.38. The molecule has 1 aromatic heterocycles. The number of ether oxygens (including phenoxy) is 1. The second-order valence-electron chi connectivity index (χ2n) is 6.51. The number of nitrogens with one attached hydrogen (secondary N) is 1. The number of aromatic amines is 1. The van der Waals surface area contributed by atoms with E-state index in [0.29, 0.717) is 18.1 Å². The number of likely N-dealkylation sites (tertiary alicyclic amines) is 1. The van der Waals surface area contributed by atoms with Gasteiger partial charge in [-0.3, -0.25) is 0 Å². The molecule has 0 bridgehead atoms. The van der Waals surface area contributed by atoms with Gasteiger partial charge in [-0.15, -0.1) is 0 Å². The van der Waals surface area contributed by atoms with Crippen molar-refractivity contribution in [3.05, 3.63) is 36.0 Å². The molecule has 1 N–H and O–H groups in total. The van der Waals surface area contributed by atoms with E-state index in [2.05, 4.69) is 16.8 Å². The largest absolute Gasteiger partial charge is 0.462 e. The average molecular weight is 314 g/mol. The summed E-state index contributed by atoms with van der Waals surface area (Å²) < 4.78 is 5.60. The van der Waals surface area contributed by atoms with Gasteiger partial charge in [-0.1, -0.05) is 31.5 Å². The molecule has 1 aliphatic heterocycles. The zero-order valence-electron chi connectivity index (χ0n) is 13.9. The van der Waals surface area contributed by atoms with E-state index >= 15 is 0 Å². The number of carbonyl (C=O) groups is 1. The maximum Gasteiger partial charge on any atom is 0.340 e. The van der Waals surface area contributed by atoms with Gasteiger partial charge in [-0.05, 0) is 38.4 Å². The Labute approximate surface area is 137 Å². The molecule has 1 aromatic carbocycles. The maximum atomic E-state index is 12.4. The summed E-state index contributed by atoms with van der Waals surface area (Å²) in [6, 6.07) is 7.83. The Morgan fingerprint density at radius 3 is 3.13 bits per heavy atom. The van der Waals surface area contributed by atoms with Crippen molar-refractivity contribution in [2.45, 2.75) is 32.6 Å². The number of H-pyrrole nitrogens is 1. The summed E-state index contributed by atoms with van der Waals surface area (Å²) in [4.78, 5) is 18.0. The number of nitrogens with zero attached hydrogens (tertiary/aromatic N) is 1. The molecule has 2 aromatic rings. The molecule has 1 saturated heterocycles. The van der Waals surface area contributed by atoms with Crippen molar-refractivity contribution < 1.29 is 9.53 Å². The number of para-hydroxylation sites is 1. The molecule has 0 amide bonds. The van der Waals surface area contributed by atoms with Gasteiger partial charge < -0.3 is 14.6 Å². The summed E-state index contributed by atoms with van der Waals surface area (Å²) in [6.45, 7) is 6.17. The number of rotatable bonds is 6. The van der Waals surface area contributed by atoms with Gasteiger partial charge in [0.2, 0.25) is 0 Å². The van der Waals surface area contributed by atoms with Crippen LogP contribution in [0.15, 0.2) is 30.5 Å². The monoisotopic (exact) mass is 314 g/mol. The first-order valence-corrected chi connectivity index (χ1v) is 8.73. The first-order chi connectivity index (χ1) is 11.3. The van der Waals surface area contributed by atoms with Crippen molar-refractivity contribution in [2.75, 3.05) is 26.2 Å². The summed E-state index contributed by atoms with van der Waals surface area (Å²) in [5.74, 6) is 0.253. The lowest BCUT2D eigenvalue weighted by atomic mass is 9.99. The fourth-order valence-electron chi connectivity index (χ4n) is 3.38. The molecule has 0 radical (unpaired) electrons. The van der Waals surface area contributed by atoms with Crippen molar-refractivity contribution >= 4 is 16.9 Å². The van der Waals surface area contributed by atoms with Gasteiger partial charge in [0.1, 0.15) is 0 Å². The second-order valence-corrected chi connectivity index (χ2v) is 6.51. The Hall–Kier alpha value is -1.81. The van der Waals surface area contributed by atoms with Crippen LogP contribution in [0.2, 0.25) is 0 Å². The van der Waals surface area contributed by atoms with E-state index in [9.17, 15) is 4.79 Å². The van der Waals surface area contributed by atoms with Crippen LogP contribution >= 0.6 is 0 Å². The summed E-state index contributed by atoms with van der Waals surface area (Å²) in [5.41, 5.74) is 1.61. The minimum Gasteiger partial charge on any atom is -0.462 e. The van der Waals surface area contributed by atoms with E-state index in [1.54, 1.807) is 6.20 Å². The zero-order valence-corrected chi connectivity index (χ0v) is 13.9. The van der Waals surface area contributed by atoms with Crippen molar-refractivity contribution in [3.8, 4) is 0 Å². The van der Waals surface area contributed by atoms with Crippen LogP contribution in [-0.4, -0.2) is 42.1 Å². The lowest BCUT2D eigenvalue weighted by Gasteiger charge is -2.32. The predicted octanol–water partition coefficient (Wildman–Crippen LogP) is 3.84. The van der Waals surface area contributed by atoms with Crippen molar-refractivity contribution in [1.82, 2.24) is 9.88 Å². The van der Waals surface area contributed by atoms with Crippen LogP contribution in [-0.2, 0) is 4.74 Å². The smallest absolute Gasteiger partial charge is 0.340 e. The number of carbonyl (C=O) groups excluding carboxylic acids is 1. The summed E-state index contributed by atoms with van der Waals surface area (Å²) >= 11 is 0. The van der Waals surface area contributed by atoms with E-state index in [-0.39, 0.29) is 5.97 Å². The fourth-order valence-corrected chi connectivity index (χ4v) is 3.38. The molecule has 1 atom stereocenters. The summed E-state index contributed by atoms with van der Waals surface area (Å²) in [6.07, 6.45) is 6.60. The molecule has 1 fully saturated rings. The normalized spacial score (nSPS) is 19.1. The number of hydrogen-bond donors (Lipinski definition) is 1. The quantitative estimate of drug-likeness (QED) is 0.824. The standard InChI is InChI=1S/C19H26N2O2/c1-2-3-10-21-11-6-7-15(13-21)14-23-19(22)17-12-20-18-9-5-4-8-16(17)18/h4-5,8-9,12,15,20H,2-3,6-7,10-11,13-14H2,1H3. The third kappa shape index (κ3) is 3.94. The molecule has 0 aliphatic carbocycles. The lowest BCUT2D eigenvalue weighted by molar-refractivity contribution is 0.0355. The fraction of sp³-hybridized carbons (Fsp3) is 0.526. The Morgan fingerprint density at radius 1 is 1.39 bits per heavy atom. The van der Waals surface area contributed by atoms with E-state index in [1.165, 1.54) is 32.4 Å². The molecule has 1 aliphatic rings. The molecule has 2 heterocycles. The number of esters is 1. The van der Waals surface area contributed by atoms with Gasteiger partial charge in [0.15, 0.2) is 0 Å². The van der Waals surface area contributed by atoms with Gasteiger partial charge in [0.05, 0.1) is 12.2 Å². The van der Waals surface area contributed by atoms with E-state index in [1.807, 2.05) is 24.3 Å². The average Bonchev–Trinajstić information content (AvgIpc) is 3.02. The minimum atomic E-state index is -0.215. The highest BCUT2D eigenvalue weighted by Crippen LogP contribution is 2.21. The van der Waals surface area contributed by atoms with Gasteiger partial charge in [0, 0.05) is 29.6 Å². The Kier molecular flexibility index (Phi) is 5.34. The SMILES string of the molecule is CCCCN1CCCC(COC(=O)c2c[nH]c3ccccc23)C1. The molecule has 0 spiro atoms. The number of fused-ring (bicyclic) bond motifs is 1. The minimum absolute atomic E-state index is 0.215. The molecule has 4 nitrogen and oxygen atoms in total. The van der Waals surface area contributed by atoms with Crippen LogP contribution < -0.4 is 0 Å². The summed E-state index contributed by atoms with van der Waals surface area (Å²) in [7, 11) is 0. The van der Waals surface area contributed by atoms with Crippen molar-refractivity contribution in [1.29, 1.82) is 0 Å².